The van der Waals surface area contributed by atoms with Crippen LogP contribution in [0.2, 0.25) is 0 Å². The molecule has 0 aliphatic heterocycles. The molecule has 5 nitrogen and oxygen atoms in total. The standard InChI is InChI=1S/C18H21BrN2O3S/c1-13(2)20-25(23,24)16-10-8-14(9-11-16)18(22)21(3)12-15-6-4-5-7-17(15)19/h4-11,13,20H,12H2,1-3H3. The van der Waals surface area contributed by atoms with Crippen LogP contribution < -0.4 is 4.72 Å². The van der Waals surface area contributed by atoms with Crippen molar-refractivity contribution < 1.29 is 13.2 Å². The molecule has 0 saturated carbocycles. The zero-order valence-electron chi connectivity index (χ0n) is 14.4. The van der Waals surface area contributed by atoms with E-state index in [2.05, 4.69) is 20.7 Å². The molecule has 1 amide bonds. The lowest BCUT2D eigenvalue weighted by atomic mass is 10.1. The minimum absolute atomic E-state index is 0.145. The number of sulfonamides is 1. The first kappa shape index (κ1) is 19.6. The molecule has 7 heteroatoms. The Hall–Kier alpha value is -1.70. The molecule has 25 heavy (non-hydrogen) atoms. The number of carbonyl (C=O) groups is 1. The lowest BCUT2D eigenvalue weighted by Gasteiger charge is -2.18. The van der Waals surface area contributed by atoms with Gasteiger partial charge < -0.3 is 4.90 Å². The summed E-state index contributed by atoms with van der Waals surface area (Å²) in [6.45, 7) is 3.97. The number of nitrogens with one attached hydrogen (secondary N) is 1. The van der Waals surface area contributed by atoms with Gasteiger partial charge in [-0.2, -0.15) is 0 Å². The fourth-order valence-electron chi connectivity index (χ4n) is 2.33. The molecule has 0 bridgehead atoms. The average Bonchev–Trinajstić information content (AvgIpc) is 2.55. The summed E-state index contributed by atoms with van der Waals surface area (Å²) >= 11 is 3.47. The summed E-state index contributed by atoms with van der Waals surface area (Å²) in [5, 5.41) is 0. The Labute approximate surface area is 157 Å². The molecule has 1 N–H and O–H groups in total. The maximum absolute atomic E-state index is 12.5. The van der Waals surface area contributed by atoms with Gasteiger partial charge in [0.1, 0.15) is 0 Å². The third kappa shape index (κ3) is 5.14. The zero-order valence-corrected chi connectivity index (χ0v) is 16.8. The summed E-state index contributed by atoms with van der Waals surface area (Å²) in [6, 6.07) is 13.5. The van der Waals surface area contributed by atoms with Gasteiger partial charge >= 0.3 is 0 Å². The summed E-state index contributed by atoms with van der Waals surface area (Å²) in [7, 11) is -1.84. The molecule has 0 aliphatic carbocycles. The second-order valence-electron chi connectivity index (χ2n) is 6.05. The van der Waals surface area contributed by atoms with E-state index in [0.29, 0.717) is 12.1 Å². The Bertz CT molecular complexity index is 849. The molecule has 0 spiro atoms. The van der Waals surface area contributed by atoms with Gasteiger partial charge in [-0.15, -0.1) is 0 Å². The highest BCUT2D eigenvalue weighted by Crippen LogP contribution is 2.19. The fourth-order valence-corrected chi connectivity index (χ4v) is 3.99. The van der Waals surface area contributed by atoms with Gasteiger partial charge in [0.15, 0.2) is 0 Å². The Balaban J connectivity index is 2.13. The van der Waals surface area contributed by atoms with Crippen molar-refractivity contribution in [1.29, 1.82) is 0 Å². The smallest absolute Gasteiger partial charge is 0.253 e. The second-order valence-corrected chi connectivity index (χ2v) is 8.62. The van der Waals surface area contributed by atoms with Crippen LogP contribution in [-0.4, -0.2) is 32.3 Å². The number of hydrogen-bond donors (Lipinski definition) is 1. The highest BCUT2D eigenvalue weighted by Gasteiger charge is 2.17. The van der Waals surface area contributed by atoms with Crippen LogP contribution in [0.25, 0.3) is 0 Å². The van der Waals surface area contributed by atoms with E-state index in [1.165, 1.54) is 24.3 Å². The normalized spacial score (nSPS) is 11.6. The number of carbonyl (C=O) groups excluding carboxylic acids is 1. The molecule has 2 aromatic rings. The van der Waals surface area contributed by atoms with Gasteiger partial charge in [-0.1, -0.05) is 34.1 Å². The third-order valence-corrected chi connectivity index (χ3v) is 5.96. The molecule has 0 aromatic heterocycles. The molecular weight excluding hydrogens is 404 g/mol. The van der Waals surface area contributed by atoms with E-state index in [1.807, 2.05) is 24.3 Å². The van der Waals surface area contributed by atoms with Gasteiger partial charge in [-0.3, -0.25) is 4.79 Å². The predicted molar refractivity (Wildman–Crippen MR) is 102 cm³/mol. The molecule has 0 radical (unpaired) electrons. The third-order valence-electron chi connectivity index (χ3n) is 3.51. The summed E-state index contributed by atoms with van der Waals surface area (Å²) in [5.41, 5.74) is 1.44. The molecule has 0 fully saturated rings. The topological polar surface area (TPSA) is 66.5 Å². The van der Waals surface area contributed by atoms with Crippen LogP contribution in [0.1, 0.15) is 29.8 Å². The molecule has 2 aromatic carbocycles. The number of halogens is 1. The van der Waals surface area contributed by atoms with Crippen LogP contribution in [0.5, 0.6) is 0 Å². The van der Waals surface area contributed by atoms with Gasteiger partial charge in [0.05, 0.1) is 4.90 Å². The van der Waals surface area contributed by atoms with Crippen LogP contribution >= 0.6 is 15.9 Å². The summed E-state index contributed by atoms with van der Waals surface area (Å²) in [6.07, 6.45) is 0. The minimum Gasteiger partial charge on any atom is -0.337 e. The van der Waals surface area contributed by atoms with Crippen molar-refractivity contribution in [3.8, 4) is 0 Å². The van der Waals surface area contributed by atoms with E-state index >= 15 is 0 Å². The number of hydrogen-bond acceptors (Lipinski definition) is 3. The van der Waals surface area contributed by atoms with E-state index in [1.54, 1.807) is 25.8 Å². The van der Waals surface area contributed by atoms with Crippen LogP contribution in [0.3, 0.4) is 0 Å². The number of amides is 1. The molecule has 0 heterocycles. The molecule has 0 atom stereocenters. The highest BCUT2D eigenvalue weighted by molar-refractivity contribution is 9.10. The van der Waals surface area contributed by atoms with Crippen molar-refractivity contribution in [3.05, 3.63) is 64.1 Å². The molecule has 0 saturated heterocycles. The lowest BCUT2D eigenvalue weighted by molar-refractivity contribution is 0.0784. The first-order valence-corrected chi connectivity index (χ1v) is 10.1. The molecule has 2 rings (SSSR count). The summed E-state index contributed by atoms with van der Waals surface area (Å²) in [4.78, 5) is 14.3. The molecule has 0 aliphatic rings. The maximum Gasteiger partial charge on any atom is 0.253 e. The lowest BCUT2D eigenvalue weighted by Crippen LogP contribution is -2.30. The van der Waals surface area contributed by atoms with Crippen LogP contribution in [0.15, 0.2) is 57.9 Å². The monoisotopic (exact) mass is 424 g/mol. The predicted octanol–water partition coefficient (Wildman–Crippen LogP) is 3.41. The van der Waals surface area contributed by atoms with Gasteiger partial charge in [0, 0.05) is 29.7 Å². The van der Waals surface area contributed by atoms with E-state index < -0.39 is 10.0 Å². The number of rotatable bonds is 6. The quantitative estimate of drug-likeness (QED) is 0.772. The Morgan fingerprint density at radius 2 is 1.72 bits per heavy atom. The average molecular weight is 425 g/mol. The summed E-state index contributed by atoms with van der Waals surface area (Å²) in [5.74, 6) is -0.170. The van der Waals surface area contributed by atoms with E-state index in [0.717, 1.165) is 10.0 Å². The zero-order chi connectivity index (χ0) is 18.6. The summed E-state index contributed by atoms with van der Waals surface area (Å²) < 4.78 is 27.7. The second kappa shape index (κ2) is 8.12. The largest absolute Gasteiger partial charge is 0.337 e. The van der Waals surface area contributed by atoms with Crippen LogP contribution in [0, 0.1) is 0 Å². The number of nitrogens with zero attached hydrogens (tertiary/aromatic N) is 1. The van der Waals surface area contributed by atoms with Gasteiger partial charge in [-0.05, 0) is 49.7 Å². The molecular formula is C18H21BrN2O3S. The van der Waals surface area contributed by atoms with Gasteiger partial charge in [0.25, 0.3) is 5.91 Å². The van der Waals surface area contributed by atoms with Crippen molar-refractivity contribution in [2.45, 2.75) is 31.3 Å². The molecule has 0 unspecified atom stereocenters. The van der Waals surface area contributed by atoms with Crippen molar-refractivity contribution in [2.24, 2.45) is 0 Å². The van der Waals surface area contributed by atoms with E-state index in [9.17, 15) is 13.2 Å². The van der Waals surface area contributed by atoms with Crippen LogP contribution in [-0.2, 0) is 16.6 Å². The van der Waals surface area contributed by atoms with E-state index in [4.69, 9.17) is 0 Å². The highest BCUT2D eigenvalue weighted by atomic mass is 79.9. The molecule has 134 valence electrons. The first-order valence-electron chi connectivity index (χ1n) is 7.82. The van der Waals surface area contributed by atoms with Crippen molar-refractivity contribution in [2.75, 3.05) is 7.05 Å². The maximum atomic E-state index is 12.5. The van der Waals surface area contributed by atoms with Gasteiger partial charge in [-0.25, -0.2) is 13.1 Å². The minimum atomic E-state index is -3.56. The fraction of sp³-hybridized carbons (Fsp3) is 0.278. The van der Waals surface area contributed by atoms with Crippen molar-refractivity contribution in [1.82, 2.24) is 9.62 Å². The first-order chi connectivity index (χ1) is 11.7. The van der Waals surface area contributed by atoms with E-state index in [-0.39, 0.29) is 16.8 Å². The van der Waals surface area contributed by atoms with Gasteiger partial charge in [0.2, 0.25) is 10.0 Å². The Morgan fingerprint density at radius 3 is 2.28 bits per heavy atom. The Morgan fingerprint density at radius 1 is 1.12 bits per heavy atom. The SMILES string of the molecule is CC(C)NS(=O)(=O)c1ccc(C(=O)N(C)Cc2ccccc2Br)cc1. The Kier molecular flexibility index (Phi) is 6.37. The van der Waals surface area contributed by atoms with Crippen LogP contribution in [0.4, 0.5) is 0 Å². The number of benzene rings is 2. The van der Waals surface area contributed by atoms with Crippen molar-refractivity contribution >= 4 is 31.9 Å². The van der Waals surface area contributed by atoms with Crippen molar-refractivity contribution in [3.63, 3.8) is 0 Å².